The van der Waals surface area contributed by atoms with Crippen molar-refractivity contribution in [3.63, 3.8) is 0 Å². The molecule has 1 fully saturated rings. The summed E-state index contributed by atoms with van der Waals surface area (Å²) in [6.45, 7) is 5.37. The largest absolute Gasteiger partial charge is 0.336 e. The number of piperazine rings is 1. The molecular weight excluding hydrogens is 292 g/mol. The molecule has 0 spiro atoms. The molecule has 22 heavy (non-hydrogen) atoms. The Bertz CT molecular complexity index is 578. The van der Waals surface area contributed by atoms with E-state index in [0.29, 0.717) is 13.1 Å². The van der Waals surface area contributed by atoms with Crippen LogP contribution < -0.4 is 0 Å². The summed E-state index contributed by atoms with van der Waals surface area (Å²) >= 11 is 0. The molecule has 0 unspecified atom stereocenters. The summed E-state index contributed by atoms with van der Waals surface area (Å²) in [5.41, 5.74) is -0.930. The molecular formula is C13H16N4O5. The lowest BCUT2D eigenvalue weighted by Gasteiger charge is -2.34. The quantitative estimate of drug-likeness (QED) is 0.612. The van der Waals surface area contributed by atoms with Gasteiger partial charge in [-0.2, -0.15) is 0 Å². The molecule has 0 aromatic heterocycles. The van der Waals surface area contributed by atoms with E-state index in [1.165, 1.54) is 0 Å². The fourth-order valence-corrected chi connectivity index (χ4v) is 2.38. The Morgan fingerprint density at radius 1 is 1.05 bits per heavy atom. The van der Waals surface area contributed by atoms with Gasteiger partial charge in [0.1, 0.15) is 0 Å². The van der Waals surface area contributed by atoms with Crippen LogP contribution in [0.5, 0.6) is 0 Å². The monoisotopic (exact) mass is 308 g/mol. The van der Waals surface area contributed by atoms with E-state index in [1.54, 1.807) is 4.90 Å². The van der Waals surface area contributed by atoms with Gasteiger partial charge in [0.05, 0.1) is 21.5 Å². The summed E-state index contributed by atoms with van der Waals surface area (Å²) in [6.07, 6.45) is 0. The van der Waals surface area contributed by atoms with Crippen LogP contribution in [0.2, 0.25) is 0 Å². The lowest BCUT2D eigenvalue weighted by molar-refractivity contribution is -0.394. The Morgan fingerprint density at radius 2 is 1.55 bits per heavy atom. The fourth-order valence-electron chi connectivity index (χ4n) is 2.38. The van der Waals surface area contributed by atoms with Crippen LogP contribution >= 0.6 is 0 Å². The third-order valence-electron chi connectivity index (χ3n) is 3.68. The van der Waals surface area contributed by atoms with Gasteiger partial charge >= 0.3 is 0 Å². The number of nitrogens with zero attached hydrogens (tertiary/aromatic N) is 4. The van der Waals surface area contributed by atoms with Crippen molar-refractivity contribution >= 4 is 17.3 Å². The summed E-state index contributed by atoms with van der Waals surface area (Å²) in [4.78, 5) is 36.4. The Kier molecular flexibility index (Phi) is 4.66. The number of nitro benzene ring substituents is 2. The lowest BCUT2D eigenvalue weighted by Crippen LogP contribution is -2.48. The summed E-state index contributed by atoms with van der Waals surface area (Å²) in [5.74, 6) is -0.414. The van der Waals surface area contributed by atoms with Gasteiger partial charge in [0.2, 0.25) is 0 Å². The maximum atomic E-state index is 12.4. The van der Waals surface area contributed by atoms with Crippen molar-refractivity contribution in [2.45, 2.75) is 6.92 Å². The second-order valence-electron chi connectivity index (χ2n) is 4.98. The summed E-state index contributed by atoms with van der Waals surface area (Å²) in [6, 6.07) is 3.02. The standard InChI is InChI=1S/C13H16N4O5/c1-2-14-3-5-15(6-4-14)13(18)10-7-11(16(19)20)9-12(8-10)17(21)22/h7-9H,2-6H2,1H3. The van der Waals surface area contributed by atoms with E-state index in [-0.39, 0.29) is 5.56 Å². The first-order valence-corrected chi connectivity index (χ1v) is 6.88. The van der Waals surface area contributed by atoms with E-state index in [1.807, 2.05) is 6.92 Å². The lowest BCUT2D eigenvalue weighted by atomic mass is 10.1. The van der Waals surface area contributed by atoms with Crippen molar-refractivity contribution in [3.05, 3.63) is 44.0 Å². The van der Waals surface area contributed by atoms with Crippen LogP contribution in [0.15, 0.2) is 18.2 Å². The number of carbonyl (C=O) groups excluding carboxylic acids is 1. The molecule has 9 heteroatoms. The highest BCUT2D eigenvalue weighted by molar-refractivity contribution is 5.95. The third kappa shape index (κ3) is 3.37. The van der Waals surface area contributed by atoms with Gasteiger partial charge in [-0.15, -0.1) is 0 Å². The molecule has 0 aliphatic carbocycles. The molecule has 0 saturated carbocycles. The van der Waals surface area contributed by atoms with Gasteiger partial charge in [0.25, 0.3) is 17.3 Å². The maximum absolute atomic E-state index is 12.4. The summed E-state index contributed by atoms with van der Waals surface area (Å²) in [5, 5.41) is 21.7. The van der Waals surface area contributed by atoms with Gasteiger partial charge in [-0.25, -0.2) is 0 Å². The van der Waals surface area contributed by atoms with E-state index < -0.39 is 27.1 Å². The maximum Gasteiger partial charge on any atom is 0.277 e. The van der Waals surface area contributed by atoms with E-state index in [9.17, 15) is 25.0 Å². The smallest absolute Gasteiger partial charge is 0.277 e. The number of hydrogen-bond acceptors (Lipinski definition) is 6. The fraction of sp³-hybridized carbons (Fsp3) is 0.462. The predicted molar refractivity (Wildman–Crippen MR) is 77.8 cm³/mol. The first-order chi connectivity index (χ1) is 10.4. The number of rotatable bonds is 4. The highest BCUT2D eigenvalue weighted by atomic mass is 16.6. The molecule has 1 saturated heterocycles. The zero-order valence-corrected chi connectivity index (χ0v) is 12.1. The molecule has 0 atom stereocenters. The molecule has 1 aromatic rings. The predicted octanol–water partition coefficient (Wildman–Crippen LogP) is 1.28. The molecule has 1 aliphatic heterocycles. The SMILES string of the molecule is CCN1CCN(C(=O)c2cc([N+](=O)[O-])cc([N+](=O)[O-])c2)CC1. The van der Waals surface area contributed by atoms with Gasteiger partial charge < -0.3 is 9.80 Å². The highest BCUT2D eigenvalue weighted by Crippen LogP contribution is 2.24. The van der Waals surface area contributed by atoms with E-state index >= 15 is 0 Å². The summed E-state index contributed by atoms with van der Waals surface area (Å²) in [7, 11) is 0. The van der Waals surface area contributed by atoms with Crippen LogP contribution in [0.3, 0.4) is 0 Å². The molecule has 2 rings (SSSR count). The third-order valence-corrected chi connectivity index (χ3v) is 3.68. The average Bonchev–Trinajstić information content (AvgIpc) is 2.53. The van der Waals surface area contributed by atoms with Crippen LogP contribution in [0, 0.1) is 20.2 Å². The second-order valence-corrected chi connectivity index (χ2v) is 4.98. The van der Waals surface area contributed by atoms with Crippen LogP contribution in [-0.2, 0) is 0 Å². The van der Waals surface area contributed by atoms with Crippen LogP contribution in [-0.4, -0.2) is 58.3 Å². The van der Waals surface area contributed by atoms with Crippen molar-refractivity contribution < 1.29 is 14.6 Å². The number of amides is 1. The average molecular weight is 308 g/mol. The summed E-state index contributed by atoms with van der Waals surface area (Å²) < 4.78 is 0. The number of non-ortho nitro benzene ring substituents is 2. The van der Waals surface area contributed by atoms with E-state index in [4.69, 9.17) is 0 Å². The minimum Gasteiger partial charge on any atom is -0.336 e. The molecule has 0 N–H and O–H groups in total. The van der Waals surface area contributed by atoms with Crippen molar-refractivity contribution in [3.8, 4) is 0 Å². The number of likely N-dealkylation sites (N-methyl/N-ethyl adjacent to an activating group) is 1. The second kappa shape index (κ2) is 6.48. The van der Waals surface area contributed by atoms with Crippen molar-refractivity contribution in [2.24, 2.45) is 0 Å². The van der Waals surface area contributed by atoms with Crippen LogP contribution in [0.25, 0.3) is 0 Å². The number of benzene rings is 1. The van der Waals surface area contributed by atoms with Crippen molar-refractivity contribution in [1.82, 2.24) is 9.80 Å². The first-order valence-electron chi connectivity index (χ1n) is 6.88. The van der Waals surface area contributed by atoms with Gasteiger partial charge in [0, 0.05) is 38.3 Å². The Balaban J connectivity index is 2.25. The van der Waals surface area contributed by atoms with E-state index in [2.05, 4.69) is 4.90 Å². The Morgan fingerprint density at radius 3 is 1.95 bits per heavy atom. The number of nitro groups is 2. The minimum absolute atomic E-state index is 0.0224. The molecule has 9 nitrogen and oxygen atoms in total. The minimum atomic E-state index is -0.737. The van der Waals surface area contributed by atoms with Gasteiger partial charge in [-0.3, -0.25) is 25.0 Å². The zero-order chi connectivity index (χ0) is 16.3. The molecule has 0 bridgehead atoms. The first kappa shape index (κ1) is 15.8. The number of hydrogen-bond donors (Lipinski definition) is 0. The van der Waals surface area contributed by atoms with Gasteiger partial charge in [-0.05, 0) is 6.54 Å². The molecule has 0 radical (unpaired) electrons. The van der Waals surface area contributed by atoms with Crippen LogP contribution in [0.1, 0.15) is 17.3 Å². The van der Waals surface area contributed by atoms with Crippen molar-refractivity contribution in [2.75, 3.05) is 32.7 Å². The van der Waals surface area contributed by atoms with Crippen molar-refractivity contribution in [1.29, 1.82) is 0 Å². The highest BCUT2D eigenvalue weighted by Gasteiger charge is 2.25. The molecule has 1 aromatic carbocycles. The molecule has 1 heterocycles. The molecule has 1 aliphatic rings. The molecule has 1 amide bonds. The zero-order valence-electron chi connectivity index (χ0n) is 12.1. The Labute approximate surface area is 126 Å². The number of carbonyl (C=O) groups is 1. The van der Waals surface area contributed by atoms with Gasteiger partial charge in [0.15, 0.2) is 0 Å². The van der Waals surface area contributed by atoms with Crippen LogP contribution in [0.4, 0.5) is 11.4 Å². The topological polar surface area (TPSA) is 110 Å². The Hall–Kier alpha value is -2.55. The van der Waals surface area contributed by atoms with E-state index in [0.717, 1.165) is 37.8 Å². The normalized spacial score (nSPS) is 15.6. The molecule has 118 valence electrons. The van der Waals surface area contributed by atoms with Gasteiger partial charge in [-0.1, -0.05) is 6.92 Å².